The normalized spacial score (nSPS) is 9.79. The maximum atomic E-state index is 9.71. The molecule has 0 aliphatic heterocycles. The molecule has 0 aliphatic carbocycles. The molecule has 3 nitrogen and oxygen atoms in total. The fourth-order valence-electron chi connectivity index (χ4n) is 1.84. The van der Waals surface area contributed by atoms with Crippen molar-refractivity contribution in [2.45, 2.75) is 19.8 Å². The van der Waals surface area contributed by atoms with Crippen molar-refractivity contribution >= 4 is 0 Å². The van der Waals surface area contributed by atoms with Crippen LogP contribution in [0.25, 0.3) is 0 Å². The van der Waals surface area contributed by atoms with Gasteiger partial charge >= 0.3 is 0 Å². The van der Waals surface area contributed by atoms with E-state index in [2.05, 4.69) is 4.98 Å². The first-order valence-corrected chi connectivity index (χ1v) is 5.97. The molecule has 0 saturated carbocycles. The zero-order chi connectivity index (χ0) is 13.0. The van der Waals surface area contributed by atoms with Crippen LogP contribution < -0.4 is 17.1 Å². The van der Waals surface area contributed by atoms with Crippen LogP contribution >= 0.6 is 0 Å². The third-order valence-electron chi connectivity index (χ3n) is 2.90. The van der Waals surface area contributed by atoms with Gasteiger partial charge in [-0.15, -0.1) is 0 Å². The molecule has 0 bridgehead atoms. The van der Waals surface area contributed by atoms with Crippen molar-refractivity contribution in [1.29, 1.82) is 0 Å². The molecule has 0 fully saturated rings. The first-order chi connectivity index (χ1) is 8.69. The maximum Gasteiger partial charge on any atom is 0.137 e. The minimum absolute atomic E-state index is 0. The van der Waals surface area contributed by atoms with Crippen LogP contribution in [0, 0.1) is 6.92 Å². The van der Waals surface area contributed by atoms with Gasteiger partial charge in [-0.1, -0.05) is 12.1 Å². The summed E-state index contributed by atoms with van der Waals surface area (Å²) in [5, 5.41) is 9.71. The molecule has 4 heteroatoms. The van der Waals surface area contributed by atoms with Crippen molar-refractivity contribution in [2.24, 2.45) is 0 Å². The van der Waals surface area contributed by atoms with Crippen molar-refractivity contribution < 1.29 is 22.3 Å². The van der Waals surface area contributed by atoms with Gasteiger partial charge in [0.15, 0.2) is 0 Å². The van der Waals surface area contributed by atoms with E-state index >= 15 is 0 Å². The molecule has 2 rings (SSSR count). The summed E-state index contributed by atoms with van der Waals surface area (Å²) >= 11 is 0. The van der Waals surface area contributed by atoms with E-state index in [-0.39, 0.29) is 18.2 Å². The molecule has 1 heterocycles. The van der Waals surface area contributed by atoms with E-state index in [1.54, 1.807) is 13.2 Å². The summed E-state index contributed by atoms with van der Waals surface area (Å²) in [5.41, 5.74) is 2.89. The lowest BCUT2D eigenvalue weighted by atomic mass is 10.1. The highest BCUT2D eigenvalue weighted by molar-refractivity contribution is 5.30. The highest BCUT2D eigenvalue weighted by Gasteiger charge is 2.04. The van der Waals surface area contributed by atoms with Gasteiger partial charge in [-0.05, 0) is 49.6 Å². The monoisotopic (exact) mass is 278 g/mol. The molecule has 0 radical (unpaired) electrons. The van der Waals surface area contributed by atoms with Gasteiger partial charge in [0, 0.05) is 5.69 Å². The average molecular weight is 279 g/mol. The second-order valence-corrected chi connectivity index (χ2v) is 4.27. The Bertz CT molecular complexity index is 526. The fourth-order valence-corrected chi connectivity index (χ4v) is 1.84. The van der Waals surface area contributed by atoms with Crippen molar-refractivity contribution in [2.75, 3.05) is 7.11 Å². The summed E-state index contributed by atoms with van der Waals surface area (Å²) < 4.78 is 5.11. The second-order valence-electron chi connectivity index (χ2n) is 4.27. The van der Waals surface area contributed by atoms with Gasteiger partial charge in [0.2, 0.25) is 0 Å². The highest BCUT2D eigenvalue weighted by Crippen LogP contribution is 2.18. The summed E-state index contributed by atoms with van der Waals surface area (Å²) in [4.78, 5) is 4.35. The SMILES string of the molecule is COc1ccc(CCc2nc(C)ccc2O)cc1.[Cl-]. The van der Waals surface area contributed by atoms with Crippen LogP contribution in [0.4, 0.5) is 0 Å². The lowest BCUT2D eigenvalue weighted by molar-refractivity contribution is -0.00000514. The number of pyridine rings is 1. The number of aromatic hydroxyl groups is 1. The zero-order valence-electron chi connectivity index (χ0n) is 11.1. The van der Waals surface area contributed by atoms with E-state index in [0.29, 0.717) is 0 Å². The van der Waals surface area contributed by atoms with Gasteiger partial charge in [-0.2, -0.15) is 0 Å². The molecular weight excluding hydrogens is 262 g/mol. The average Bonchev–Trinajstić information content (AvgIpc) is 2.40. The molecule has 0 atom stereocenters. The molecule has 0 spiro atoms. The molecular formula is C15H17ClNO2-. The van der Waals surface area contributed by atoms with Crippen molar-refractivity contribution in [3.05, 3.63) is 53.3 Å². The number of hydrogen-bond acceptors (Lipinski definition) is 3. The summed E-state index contributed by atoms with van der Waals surface area (Å²) in [6.45, 7) is 1.93. The number of benzene rings is 1. The Kier molecular flexibility index (Phi) is 5.64. The Morgan fingerprint density at radius 3 is 2.37 bits per heavy atom. The Morgan fingerprint density at radius 1 is 1.05 bits per heavy atom. The molecule has 1 aromatic heterocycles. The van der Waals surface area contributed by atoms with Crippen LogP contribution in [-0.4, -0.2) is 17.2 Å². The maximum absolute atomic E-state index is 9.71. The molecule has 102 valence electrons. The number of hydrogen-bond donors (Lipinski definition) is 1. The molecule has 1 N–H and O–H groups in total. The first-order valence-electron chi connectivity index (χ1n) is 5.97. The second kappa shape index (κ2) is 7.00. The van der Waals surface area contributed by atoms with Crippen LogP contribution in [0.3, 0.4) is 0 Å². The van der Waals surface area contributed by atoms with Crippen LogP contribution in [0.2, 0.25) is 0 Å². The number of rotatable bonds is 4. The van der Waals surface area contributed by atoms with Gasteiger partial charge in [0.25, 0.3) is 0 Å². The molecule has 0 unspecified atom stereocenters. The Hall–Kier alpha value is -1.74. The summed E-state index contributed by atoms with van der Waals surface area (Å²) in [5.74, 6) is 1.13. The summed E-state index contributed by atoms with van der Waals surface area (Å²) in [6, 6.07) is 11.5. The number of nitrogens with zero attached hydrogens (tertiary/aromatic N) is 1. The summed E-state index contributed by atoms with van der Waals surface area (Å²) in [7, 11) is 1.66. The van der Waals surface area contributed by atoms with E-state index in [4.69, 9.17) is 4.74 Å². The van der Waals surface area contributed by atoms with E-state index in [9.17, 15) is 5.11 Å². The lowest BCUT2D eigenvalue weighted by Crippen LogP contribution is -3.00. The fraction of sp³-hybridized carbons (Fsp3) is 0.267. The topological polar surface area (TPSA) is 42.4 Å². The number of ether oxygens (including phenoxy) is 1. The van der Waals surface area contributed by atoms with Crippen LogP contribution in [0.1, 0.15) is 17.0 Å². The van der Waals surface area contributed by atoms with Gasteiger partial charge in [0.1, 0.15) is 11.5 Å². The quantitative estimate of drug-likeness (QED) is 0.849. The molecule has 0 aliphatic rings. The van der Waals surface area contributed by atoms with E-state index < -0.39 is 0 Å². The first kappa shape index (κ1) is 15.3. The minimum Gasteiger partial charge on any atom is -1.00 e. The van der Waals surface area contributed by atoms with Gasteiger partial charge in [0.05, 0.1) is 12.8 Å². The molecule has 2 aromatic rings. The standard InChI is InChI=1S/C15H17NO2.ClH/c1-11-3-10-15(17)14(16-11)9-6-12-4-7-13(18-2)8-5-12;/h3-5,7-8,10,17H,6,9H2,1-2H3;1H/p-1. The Morgan fingerprint density at radius 2 is 1.74 bits per heavy atom. The molecule has 0 amide bonds. The van der Waals surface area contributed by atoms with E-state index in [1.807, 2.05) is 37.3 Å². The highest BCUT2D eigenvalue weighted by atomic mass is 35.5. The van der Waals surface area contributed by atoms with Gasteiger partial charge < -0.3 is 22.3 Å². The Balaban J connectivity index is 0.00000180. The minimum atomic E-state index is 0. The van der Waals surface area contributed by atoms with Crippen LogP contribution in [-0.2, 0) is 12.8 Å². The zero-order valence-corrected chi connectivity index (χ0v) is 11.8. The number of halogens is 1. The van der Waals surface area contributed by atoms with Gasteiger partial charge in [-0.3, -0.25) is 4.98 Å². The lowest BCUT2D eigenvalue weighted by Gasteiger charge is -2.06. The Labute approximate surface area is 119 Å². The largest absolute Gasteiger partial charge is 1.00 e. The summed E-state index contributed by atoms with van der Waals surface area (Å²) in [6.07, 6.45) is 1.59. The third kappa shape index (κ3) is 4.14. The van der Waals surface area contributed by atoms with Gasteiger partial charge in [-0.25, -0.2) is 0 Å². The van der Waals surface area contributed by atoms with Crippen molar-refractivity contribution in [1.82, 2.24) is 4.98 Å². The molecule has 19 heavy (non-hydrogen) atoms. The number of aromatic nitrogens is 1. The predicted octanol–water partition coefficient (Wildman–Crippen LogP) is -0.107. The third-order valence-corrected chi connectivity index (χ3v) is 2.90. The molecule has 0 saturated heterocycles. The number of methoxy groups -OCH3 is 1. The van der Waals surface area contributed by atoms with Crippen molar-refractivity contribution in [3.63, 3.8) is 0 Å². The van der Waals surface area contributed by atoms with Crippen molar-refractivity contribution in [3.8, 4) is 11.5 Å². The van der Waals surface area contributed by atoms with E-state index in [1.165, 1.54) is 5.56 Å². The van der Waals surface area contributed by atoms with E-state index in [0.717, 1.165) is 30.0 Å². The van der Waals surface area contributed by atoms with Crippen LogP contribution in [0.15, 0.2) is 36.4 Å². The predicted molar refractivity (Wildman–Crippen MR) is 71.0 cm³/mol. The molecule has 1 aromatic carbocycles. The number of aryl methyl sites for hydroxylation is 3. The smallest absolute Gasteiger partial charge is 0.137 e. The van der Waals surface area contributed by atoms with Crippen LogP contribution in [0.5, 0.6) is 11.5 Å².